The second kappa shape index (κ2) is 8.95. The maximum absolute atomic E-state index is 10.7. The van der Waals surface area contributed by atoms with Crippen LogP contribution in [-0.2, 0) is 17.9 Å². The number of aromatic nitrogens is 3. The van der Waals surface area contributed by atoms with E-state index in [9.17, 15) is 5.11 Å². The van der Waals surface area contributed by atoms with Crippen LogP contribution in [0.3, 0.4) is 0 Å². The van der Waals surface area contributed by atoms with Crippen molar-refractivity contribution >= 4 is 5.71 Å². The predicted octanol–water partition coefficient (Wildman–Crippen LogP) is 4.12. The molecule has 33 heavy (non-hydrogen) atoms. The zero-order valence-electron chi connectivity index (χ0n) is 21.0. The van der Waals surface area contributed by atoms with E-state index in [1.807, 2.05) is 25.0 Å². The summed E-state index contributed by atoms with van der Waals surface area (Å²) in [6, 6.07) is 0. The highest BCUT2D eigenvalue weighted by Crippen LogP contribution is 2.65. The summed E-state index contributed by atoms with van der Waals surface area (Å²) in [5.74, 6) is 3.11. The molecule has 0 spiro atoms. The number of hydrogen-bond acceptors (Lipinski definition) is 6. The van der Waals surface area contributed by atoms with E-state index in [4.69, 9.17) is 4.84 Å². The van der Waals surface area contributed by atoms with Gasteiger partial charge in [-0.05, 0) is 106 Å². The zero-order valence-corrected chi connectivity index (χ0v) is 21.0. The summed E-state index contributed by atoms with van der Waals surface area (Å²) in [6.45, 7) is 6.96. The maximum Gasteiger partial charge on any atom is 0.136 e. The third-order valence-electron chi connectivity index (χ3n) is 10.1. The third kappa shape index (κ3) is 4.24. The minimum Gasteiger partial charge on any atom is -0.394 e. The molecule has 7 atom stereocenters. The number of nitrogens with zero attached hydrogens (tertiary/aromatic N) is 5. The molecule has 0 aromatic carbocycles. The molecule has 4 aliphatic rings. The Hall–Kier alpha value is -1.47. The van der Waals surface area contributed by atoms with Crippen LogP contribution in [0.1, 0.15) is 77.3 Å². The lowest BCUT2D eigenvalue weighted by Crippen LogP contribution is -2.54. The highest BCUT2D eigenvalue weighted by Gasteiger charge is 2.59. The van der Waals surface area contributed by atoms with Gasteiger partial charge in [-0.15, -0.1) is 5.10 Å². The number of aliphatic hydroxyl groups excluding tert-OH is 1. The van der Waals surface area contributed by atoms with E-state index in [0.29, 0.717) is 18.6 Å². The summed E-state index contributed by atoms with van der Waals surface area (Å²) in [5.41, 5.74) is 2.83. The molecule has 184 valence electrons. The number of hydrogen-bond donors (Lipinski definition) is 1. The molecule has 7 nitrogen and oxygen atoms in total. The maximum atomic E-state index is 10.7. The molecule has 7 heteroatoms. The van der Waals surface area contributed by atoms with Crippen LogP contribution in [0.5, 0.6) is 0 Å². The highest BCUT2D eigenvalue weighted by molar-refractivity contribution is 5.85. The molecular formula is C26H43N5O2. The Balaban J connectivity index is 1.15. The molecule has 0 amide bonds. The van der Waals surface area contributed by atoms with Crippen molar-refractivity contribution in [2.75, 3.05) is 20.7 Å². The third-order valence-corrected chi connectivity index (χ3v) is 10.1. The number of aliphatic hydroxyl groups is 1. The molecule has 4 aliphatic carbocycles. The van der Waals surface area contributed by atoms with Crippen LogP contribution in [0.15, 0.2) is 11.4 Å². The van der Waals surface area contributed by atoms with E-state index >= 15 is 0 Å². The quantitative estimate of drug-likeness (QED) is 0.514. The average molecular weight is 458 g/mol. The molecule has 0 aliphatic heterocycles. The Labute approximate surface area is 198 Å². The Bertz CT molecular complexity index is 869. The lowest BCUT2D eigenvalue weighted by molar-refractivity contribution is -0.112. The molecule has 1 aromatic heterocycles. The first-order valence-corrected chi connectivity index (χ1v) is 13.2. The van der Waals surface area contributed by atoms with Gasteiger partial charge in [0.15, 0.2) is 0 Å². The number of fused-ring (bicyclic) bond motifs is 5. The lowest BCUT2D eigenvalue weighted by atomic mass is 9.45. The summed E-state index contributed by atoms with van der Waals surface area (Å²) in [5, 5.41) is 23.6. The fourth-order valence-corrected chi connectivity index (χ4v) is 8.23. The van der Waals surface area contributed by atoms with Crippen LogP contribution >= 0.6 is 0 Å². The summed E-state index contributed by atoms with van der Waals surface area (Å²) < 4.78 is 1.84. The Morgan fingerprint density at radius 1 is 1.12 bits per heavy atom. The van der Waals surface area contributed by atoms with Crippen LogP contribution in [-0.4, -0.2) is 57.5 Å². The van der Waals surface area contributed by atoms with E-state index in [1.165, 1.54) is 44.2 Å². The molecular weight excluding hydrogens is 414 g/mol. The first-order chi connectivity index (χ1) is 15.8. The van der Waals surface area contributed by atoms with Gasteiger partial charge in [0.05, 0.1) is 24.1 Å². The second-order valence-electron chi connectivity index (χ2n) is 12.2. The molecule has 4 saturated carbocycles. The summed E-state index contributed by atoms with van der Waals surface area (Å²) in [7, 11) is 4.06. The van der Waals surface area contributed by atoms with Crippen LogP contribution < -0.4 is 0 Å². The van der Waals surface area contributed by atoms with Gasteiger partial charge in [0.1, 0.15) is 6.61 Å². The summed E-state index contributed by atoms with van der Waals surface area (Å²) in [6.07, 6.45) is 12.7. The lowest BCUT2D eigenvalue weighted by Gasteiger charge is -2.60. The SMILES string of the molecule is CN(C)Cc1cn(CCO/N=C2/CC[C@@]3(C)C(CCC4C3CC[C@@]3(C)C4CC[C@@H]3O)C2)nn1. The summed E-state index contributed by atoms with van der Waals surface area (Å²) in [4.78, 5) is 7.82. The average Bonchev–Trinajstić information content (AvgIpc) is 3.34. The van der Waals surface area contributed by atoms with Gasteiger partial charge in [-0.2, -0.15) is 0 Å². The van der Waals surface area contributed by atoms with Gasteiger partial charge in [0.2, 0.25) is 0 Å². The smallest absolute Gasteiger partial charge is 0.136 e. The van der Waals surface area contributed by atoms with Gasteiger partial charge < -0.3 is 14.8 Å². The first kappa shape index (κ1) is 23.3. The minimum absolute atomic E-state index is 0.0756. The zero-order chi connectivity index (χ0) is 23.2. The van der Waals surface area contributed by atoms with Crippen molar-refractivity contribution in [3.8, 4) is 0 Å². The Morgan fingerprint density at radius 2 is 1.94 bits per heavy atom. The Kier molecular flexibility index (Phi) is 6.32. The number of oxime groups is 1. The molecule has 4 unspecified atom stereocenters. The molecule has 4 fully saturated rings. The molecule has 1 aromatic rings. The largest absolute Gasteiger partial charge is 0.394 e. The van der Waals surface area contributed by atoms with Crippen LogP contribution in [0.2, 0.25) is 0 Å². The van der Waals surface area contributed by atoms with E-state index in [-0.39, 0.29) is 11.5 Å². The van der Waals surface area contributed by atoms with Crippen molar-refractivity contribution < 1.29 is 9.94 Å². The monoisotopic (exact) mass is 457 g/mol. The first-order valence-electron chi connectivity index (χ1n) is 13.2. The van der Waals surface area contributed by atoms with E-state index < -0.39 is 0 Å². The molecule has 0 saturated heterocycles. The van der Waals surface area contributed by atoms with Gasteiger partial charge in [-0.3, -0.25) is 0 Å². The summed E-state index contributed by atoms with van der Waals surface area (Å²) >= 11 is 0. The van der Waals surface area contributed by atoms with Gasteiger partial charge in [-0.1, -0.05) is 24.2 Å². The van der Waals surface area contributed by atoms with Gasteiger partial charge in [-0.25, -0.2) is 4.68 Å². The van der Waals surface area contributed by atoms with Crippen LogP contribution in [0.25, 0.3) is 0 Å². The minimum atomic E-state index is -0.0756. The molecule has 0 radical (unpaired) electrons. The molecule has 1 heterocycles. The topological polar surface area (TPSA) is 75.8 Å². The molecule has 5 rings (SSSR count). The van der Waals surface area contributed by atoms with Crippen LogP contribution in [0.4, 0.5) is 0 Å². The molecule has 1 N–H and O–H groups in total. The standard InChI is InChI=1S/C26H43N5O2/c1-25-11-9-19(28-33-14-13-31-17-20(27-29-31)16-30(3)4)15-18(25)5-6-21-22-7-8-24(32)26(22,2)12-10-23(21)25/h17-18,21-24,32H,5-16H2,1-4H3/b28-19-/t18?,21?,22?,23?,24-,25-,26-/m0/s1. The van der Waals surface area contributed by atoms with Crippen molar-refractivity contribution in [3.05, 3.63) is 11.9 Å². The van der Waals surface area contributed by atoms with Gasteiger partial charge >= 0.3 is 0 Å². The van der Waals surface area contributed by atoms with Gasteiger partial charge in [0, 0.05) is 12.7 Å². The highest BCUT2D eigenvalue weighted by atomic mass is 16.6. The Morgan fingerprint density at radius 3 is 2.76 bits per heavy atom. The van der Waals surface area contributed by atoms with Crippen molar-refractivity contribution in [2.24, 2.45) is 39.7 Å². The fourth-order valence-electron chi connectivity index (χ4n) is 8.23. The van der Waals surface area contributed by atoms with Crippen LogP contribution in [0, 0.1) is 34.5 Å². The number of rotatable bonds is 6. The van der Waals surface area contributed by atoms with Crippen molar-refractivity contribution in [2.45, 2.75) is 90.8 Å². The van der Waals surface area contributed by atoms with E-state index in [0.717, 1.165) is 55.2 Å². The van der Waals surface area contributed by atoms with Crippen molar-refractivity contribution in [1.29, 1.82) is 0 Å². The van der Waals surface area contributed by atoms with Crippen molar-refractivity contribution in [1.82, 2.24) is 19.9 Å². The van der Waals surface area contributed by atoms with E-state index in [1.54, 1.807) is 0 Å². The molecule has 0 bridgehead atoms. The predicted molar refractivity (Wildman–Crippen MR) is 129 cm³/mol. The van der Waals surface area contributed by atoms with Crippen molar-refractivity contribution in [3.63, 3.8) is 0 Å². The second-order valence-corrected chi connectivity index (χ2v) is 12.2. The van der Waals surface area contributed by atoms with Gasteiger partial charge in [0.25, 0.3) is 0 Å². The normalized spacial score (nSPS) is 41.6. The fraction of sp³-hybridized carbons (Fsp3) is 0.885. The van der Waals surface area contributed by atoms with E-state index in [2.05, 4.69) is 34.2 Å².